The maximum atomic E-state index is 14.0. The third-order valence-electron chi connectivity index (χ3n) is 6.17. The van der Waals surface area contributed by atoms with Crippen molar-refractivity contribution in [1.29, 1.82) is 5.26 Å². The van der Waals surface area contributed by atoms with Crippen molar-refractivity contribution < 1.29 is 22.7 Å². The topological polar surface area (TPSA) is 109 Å². The van der Waals surface area contributed by atoms with Crippen molar-refractivity contribution in [3.8, 4) is 23.0 Å². The lowest BCUT2D eigenvalue weighted by molar-refractivity contribution is -0.267. The summed E-state index contributed by atoms with van der Waals surface area (Å²) in [4.78, 5) is 32.7. The fourth-order valence-corrected chi connectivity index (χ4v) is 4.65. The molecule has 1 N–H and O–H groups in total. The second-order valence-corrected chi connectivity index (χ2v) is 9.41. The highest BCUT2D eigenvalue weighted by molar-refractivity contribution is 6.31. The van der Waals surface area contributed by atoms with E-state index in [9.17, 15) is 37.5 Å². The molecule has 1 aliphatic rings. The van der Waals surface area contributed by atoms with E-state index in [1.165, 1.54) is 28.9 Å². The van der Waals surface area contributed by atoms with Crippen LogP contribution in [0.4, 0.5) is 23.4 Å². The van der Waals surface area contributed by atoms with Crippen molar-refractivity contribution in [1.82, 2.24) is 18.5 Å². The number of alkyl halides is 3. The predicted octanol–water partition coefficient (Wildman–Crippen LogP) is 3.40. The zero-order valence-corrected chi connectivity index (χ0v) is 20.4. The van der Waals surface area contributed by atoms with E-state index in [4.69, 9.17) is 23.2 Å². The molecule has 0 amide bonds. The lowest BCUT2D eigenvalue weighted by Gasteiger charge is -2.48. The first-order valence-electron chi connectivity index (χ1n) is 10.8. The molecule has 0 aliphatic carbocycles. The lowest BCUT2D eigenvalue weighted by Crippen LogP contribution is -2.70. The van der Waals surface area contributed by atoms with Gasteiger partial charge in [0.1, 0.15) is 29.6 Å². The van der Waals surface area contributed by atoms with Gasteiger partial charge in [0.15, 0.2) is 5.60 Å². The Morgan fingerprint density at radius 1 is 1.16 bits per heavy atom. The SMILES string of the molecule is N#CCn1c(N2CC(O)(C(F)(F)F)C2)c(-c2ccc(F)c(Cl)c2)c(=O)n(-c2cnc3cc(Cl)ccn23)c1=O. The normalized spacial score (nSPS) is 14.9. The molecule has 3 aromatic heterocycles. The molecule has 1 saturated heterocycles. The predicted molar refractivity (Wildman–Crippen MR) is 129 cm³/mol. The average Bonchev–Trinajstić information content (AvgIpc) is 3.22. The van der Waals surface area contributed by atoms with Crippen LogP contribution in [0, 0.1) is 17.1 Å². The van der Waals surface area contributed by atoms with Crippen molar-refractivity contribution >= 4 is 34.7 Å². The smallest absolute Gasteiger partial charge is 0.378 e. The van der Waals surface area contributed by atoms with Gasteiger partial charge in [0.05, 0.1) is 35.9 Å². The van der Waals surface area contributed by atoms with Crippen LogP contribution in [0.5, 0.6) is 0 Å². The number of rotatable bonds is 4. The molecule has 1 aliphatic heterocycles. The second-order valence-electron chi connectivity index (χ2n) is 8.57. The third kappa shape index (κ3) is 3.92. The summed E-state index contributed by atoms with van der Waals surface area (Å²) < 4.78 is 57.0. The average molecular weight is 569 g/mol. The Kier molecular flexibility index (Phi) is 6.01. The van der Waals surface area contributed by atoms with E-state index < -0.39 is 53.5 Å². The number of hydrogen-bond acceptors (Lipinski definition) is 6. The van der Waals surface area contributed by atoms with Crippen LogP contribution < -0.4 is 16.1 Å². The Hall–Kier alpha value is -3.86. The molecule has 38 heavy (non-hydrogen) atoms. The van der Waals surface area contributed by atoms with E-state index >= 15 is 0 Å². The first-order chi connectivity index (χ1) is 17.9. The maximum Gasteiger partial charge on any atom is 0.420 e. The van der Waals surface area contributed by atoms with E-state index in [-0.39, 0.29) is 28.4 Å². The molecule has 0 saturated carbocycles. The Morgan fingerprint density at radius 2 is 1.87 bits per heavy atom. The molecule has 9 nitrogen and oxygen atoms in total. The number of benzene rings is 1. The van der Waals surface area contributed by atoms with Crippen molar-refractivity contribution in [3.05, 3.63) is 79.4 Å². The van der Waals surface area contributed by atoms with Crippen LogP contribution in [0.3, 0.4) is 0 Å². The number of halogens is 6. The van der Waals surface area contributed by atoms with Gasteiger partial charge in [0, 0.05) is 17.3 Å². The van der Waals surface area contributed by atoms with Crippen LogP contribution in [0.15, 0.2) is 52.3 Å². The number of hydrogen-bond donors (Lipinski definition) is 1. The number of pyridine rings is 1. The summed E-state index contributed by atoms with van der Waals surface area (Å²) in [6.07, 6.45) is -2.34. The Balaban J connectivity index is 1.84. The van der Waals surface area contributed by atoms with E-state index in [1.807, 2.05) is 0 Å². The number of nitriles is 1. The molecule has 0 atom stereocenters. The molecule has 4 heterocycles. The fourth-order valence-electron chi connectivity index (χ4n) is 4.31. The maximum absolute atomic E-state index is 14.0. The molecule has 1 fully saturated rings. The summed E-state index contributed by atoms with van der Waals surface area (Å²) in [7, 11) is 0. The van der Waals surface area contributed by atoms with Crippen molar-refractivity contribution in [3.63, 3.8) is 0 Å². The van der Waals surface area contributed by atoms with Gasteiger partial charge in [-0.15, -0.1) is 0 Å². The van der Waals surface area contributed by atoms with Crippen molar-refractivity contribution in [2.24, 2.45) is 0 Å². The highest BCUT2D eigenvalue weighted by atomic mass is 35.5. The minimum Gasteiger partial charge on any atom is -0.378 e. The van der Waals surface area contributed by atoms with E-state index in [0.29, 0.717) is 9.59 Å². The summed E-state index contributed by atoms with van der Waals surface area (Å²) in [5.41, 5.74) is -5.25. The molecule has 1 aromatic carbocycles. The quantitative estimate of drug-likeness (QED) is 0.378. The summed E-state index contributed by atoms with van der Waals surface area (Å²) in [5.74, 6) is -1.22. The van der Waals surface area contributed by atoms with E-state index in [1.54, 1.807) is 6.07 Å². The lowest BCUT2D eigenvalue weighted by atomic mass is 9.92. The Morgan fingerprint density at radius 3 is 2.50 bits per heavy atom. The van der Waals surface area contributed by atoms with Gasteiger partial charge in [0.2, 0.25) is 0 Å². The zero-order valence-electron chi connectivity index (χ0n) is 18.9. The van der Waals surface area contributed by atoms with Gasteiger partial charge in [0.25, 0.3) is 5.56 Å². The molecule has 15 heteroatoms. The highest BCUT2D eigenvalue weighted by Gasteiger charge is 2.61. The largest absolute Gasteiger partial charge is 0.420 e. The second kappa shape index (κ2) is 8.87. The van der Waals surface area contributed by atoms with Gasteiger partial charge in [-0.2, -0.15) is 18.4 Å². The Bertz CT molecular complexity index is 1770. The highest BCUT2D eigenvalue weighted by Crippen LogP contribution is 2.42. The fraction of sp³-hybridized carbons (Fsp3) is 0.217. The minimum atomic E-state index is -4.99. The molecule has 0 bridgehead atoms. The van der Waals surface area contributed by atoms with Crippen LogP contribution in [-0.4, -0.2) is 48.5 Å². The number of imidazole rings is 1. The third-order valence-corrected chi connectivity index (χ3v) is 6.70. The molecule has 0 spiro atoms. The van der Waals surface area contributed by atoms with Gasteiger partial charge in [-0.1, -0.05) is 29.3 Å². The van der Waals surface area contributed by atoms with E-state index in [2.05, 4.69) is 4.98 Å². The molecule has 196 valence electrons. The zero-order chi connectivity index (χ0) is 27.6. The standard InChI is InChI=1S/C23H14Cl2F4N6O3/c24-13-3-5-33-16(8-13)31-9-17(33)35-20(36)18(12-1-2-15(26)14(25)7-12)19(34(6-4-30)21(35)37)32-10-22(38,11-32)23(27,28)29/h1-3,5,7-9,38H,6,10-11H2. The molecule has 4 aromatic rings. The van der Waals surface area contributed by atoms with Gasteiger partial charge < -0.3 is 10.0 Å². The van der Waals surface area contributed by atoms with Crippen LogP contribution in [0.25, 0.3) is 22.6 Å². The monoisotopic (exact) mass is 568 g/mol. The number of β-amino-alcohol motifs (C(OH)–C–C–N with tert-alkyl or cyclic N) is 1. The van der Waals surface area contributed by atoms with Gasteiger partial charge in [-0.25, -0.2) is 18.7 Å². The van der Waals surface area contributed by atoms with E-state index in [0.717, 1.165) is 27.7 Å². The minimum absolute atomic E-state index is 0.0313. The van der Waals surface area contributed by atoms with Gasteiger partial charge in [-0.3, -0.25) is 13.8 Å². The van der Waals surface area contributed by atoms with Crippen molar-refractivity contribution in [2.75, 3.05) is 18.0 Å². The summed E-state index contributed by atoms with van der Waals surface area (Å²) in [6.45, 7) is -2.69. The molecule has 5 rings (SSSR count). The molecular weight excluding hydrogens is 555 g/mol. The van der Waals surface area contributed by atoms with Gasteiger partial charge in [-0.05, 0) is 23.8 Å². The van der Waals surface area contributed by atoms with Crippen molar-refractivity contribution in [2.45, 2.75) is 18.3 Å². The van der Waals surface area contributed by atoms with Crippen LogP contribution >= 0.6 is 23.2 Å². The van der Waals surface area contributed by atoms with Crippen LogP contribution in [-0.2, 0) is 6.54 Å². The number of aromatic nitrogens is 4. The number of aliphatic hydroxyl groups is 1. The summed E-state index contributed by atoms with van der Waals surface area (Å²) in [6, 6.07) is 7.90. The first kappa shape index (κ1) is 25.8. The first-order valence-corrected chi connectivity index (χ1v) is 11.5. The number of anilines is 1. The summed E-state index contributed by atoms with van der Waals surface area (Å²) in [5, 5.41) is 19.4. The number of fused-ring (bicyclic) bond motifs is 1. The van der Waals surface area contributed by atoms with Crippen LogP contribution in [0.1, 0.15) is 0 Å². The van der Waals surface area contributed by atoms with Gasteiger partial charge >= 0.3 is 11.9 Å². The molecule has 0 unspecified atom stereocenters. The number of nitrogens with zero attached hydrogens (tertiary/aromatic N) is 6. The molecular formula is C23H14Cl2F4N6O3. The molecule has 0 radical (unpaired) electrons. The summed E-state index contributed by atoms with van der Waals surface area (Å²) >= 11 is 11.9. The van der Waals surface area contributed by atoms with Crippen LogP contribution in [0.2, 0.25) is 10.0 Å². The Labute approximate surface area is 219 Å².